The molecular formula is C22H21N3O. The molecule has 0 bridgehead atoms. The van der Waals surface area contributed by atoms with E-state index in [9.17, 15) is 4.79 Å². The number of nitriles is 1. The number of hydrogen-bond donors (Lipinski definition) is 2. The molecule has 0 fully saturated rings. The van der Waals surface area contributed by atoms with Crippen molar-refractivity contribution in [3.8, 4) is 6.07 Å². The van der Waals surface area contributed by atoms with Gasteiger partial charge in [-0.05, 0) is 54.4 Å². The second-order valence-electron chi connectivity index (χ2n) is 6.40. The normalized spacial score (nSPS) is 13.0. The quantitative estimate of drug-likeness (QED) is 0.722. The zero-order chi connectivity index (χ0) is 18.5. The maximum atomic E-state index is 12.4. The molecule has 0 aliphatic carbocycles. The Balaban J connectivity index is 1.66. The van der Waals surface area contributed by atoms with E-state index in [1.54, 1.807) is 24.3 Å². The molecule has 0 aliphatic rings. The van der Waals surface area contributed by atoms with Crippen molar-refractivity contribution < 1.29 is 4.79 Å². The number of hydrogen-bond acceptors (Lipinski definition) is 3. The SMILES string of the molecule is C[C@H](N[C@H](C)c1ccc2ccccc2c1)C(=O)Nc1cccc(C#N)c1. The van der Waals surface area contributed by atoms with Crippen molar-refractivity contribution in [2.24, 2.45) is 0 Å². The van der Waals surface area contributed by atoms with Crippen LogP contribution in [-0.4, -0.2) is 11.9 Å². The summed E-state index contributed by atoms with van der Waals surface area (Å²) in [6.45, 7) is 3.88. The van der Waals surface area contributed by atoms with Crippen LogP contribution in [0.15, 0.2) is 66.7 Å². The van der Waals surface area contributed by atoms with Crippen molar-refractivity contribution in [2.45, 2.75) is 25.9 Å². The van der Waals surface area contributed by atoms with Gasteiger partial charge in [0.05, 0.1) is 17.7 Å². The Morgan fingerprint density at radius 2 is 1.73 bits per heavy atom. The number of nitrogens with one attached hydrogen (secondary N) is 2. The standard InChI is InChI=1S/C22H21N3O/c1-15(19-11-10-18-7-3-4-8-20(18)13-19)24-16(2)22(26)25-21-9-5-6-17(12-21)14-23/h3-13,15-16,24H,1-2H3,(H,25,26)/t15-,16+/m1/s1. The third kappa shape index (κ3) is 4.08. The van der Waals surface area contributed by atoms with Gasteiger partial charge in [0.15, 0.2) is 0 Å². The van der Waals surface area contributed by atoms with Gasteiger partial charge in [-0.1, -0.05) is 42.5 Å². The summed E-state index contributed by atoms with van der Waals surface area (Å²) >= 11 is 0. The van der Waals surface area contributed by atoms with E-state index in [-0.39, 0.29) is 18.0 Å². The van der Waals surface area contributed by atoms with Crippen molar-refractivity contribution in [3.63, 3.8) is 0 Å². The smallest absolute Gasteiger partial charge is 0.241 e. The van der Waals surface area contributed by atoms with E-state index in [1.807, 2.05) is 26.0 Å². The molecular weight excluding hydrogens is 322 g/mol. The molecule has 2 atom stereocenters. The van der Waals surface area contributed by atoms with Crippen molar-refractivity contribution in [1.82, 2.24) is 5.32 Å². The van der Waals surface area contributed by atoms with Gasteiger partial charge in [-0.15, -0.1) is 0 Å². The van der Waals surface area contributed by atoms with Gasteiger partial charge in [-0.25, -0.2) is 0 Å². The number of benzene rings is 3. The lowest BCUT2D eigenvalue weighted by atomic mass is 10.0. The minimum atomic E-state index is -0.373. The highest BCUT2D eigenvalue weighted by atomic mass is 16.2. The average Bonchev–Trinajstić information content (AvgIpc) is 2.67. The Morgan fingerprint density at radius 3 is 2.50 bits per heavy atom. The summed E-state index contributed by atoms with van der Waals surface area (Å²) in [7, 11) is 0. The highest BCUT2D eigenvalue weighted by Crippen LogP contribution is 2.20. The molecule has 3 aromatic rings. The molecule has 3 aromatic carbocycles. The first kappa shape index (κ1) is 17.7. The number of rotatable bonds is 5. The summed E-state index contributed by atoms with van der Waals surface area (Å²) in [5, 5.41) is 17.5. The van der Waals surface area contributed by atoms with Gasteiger partial charge in [-0.2, -0.15) is 5.26 Å². The van der Waals surface area contributed by atoms with Crippen LogP contribution in [0.2, 0.25) is 0 Å². The van der Waals surface area contributed by atoms with Crippen LogP contribution in [-0.2, 0) is 4.79 Å². The van der Waals surface area contributed by atoms with Gasteiger partial charge >= 0.3 is 0 Å². The van der Waals surface area contributed by atoms with Gasteiger partial charge in [0.1, 0.15) is 0 Å². The first-order chi connectivity index (χ1) is 12.6. The zero-order valence-corrected chi connectivity index (χ0v) is 14.9. The third-order valence-electron chi connectivity index (χ3n) is 4.43. The fraction of sp³-hybridized carbons (Fsp3) is 0.182. The van der Waals surface area contributed by atoms with Crippen molar-refractivity contribution in [1.29, 1.82) is 5.26 Å². The van der Waals surface area contributed by atoms with Crippen LogP contribution >= 0.6 is 0 Å². The van der Waals surface area contributed by atoms with Crippen LogP contribution in [0.4, 0.5) is 5.69 Å². The van der Waals surface area contributed by atoms with Crippen LogP contribution in [0.1, 0.15) is 31.0 Å². The van der Waals surface area contributed by atoms with Gasteiger partial charge in [0.25, 0.3) is 0 Å². The fourth-order valence-corrected chi connectivity index (χ4v) is 2.94. The molecule has 0 aliphatic heterocycles. The molecule has 130 valence electrons. The lowest BCUT2D eigenvalue weighted by Gasteiger charge is -2.20. The Kier molecular flexibility index (Phi) is 5.31. The van der Waals surface area contributed by atoms with E-state index in [4.69, 9.17) is 5.26 Å². The van der Waals surface area contributed by atoms with E-state index in [0.29, 0.717) is 11.3 Å². The number of anilines is 1. The highest BCUT2D eigenvalue weighted by Gasteiger charge is 2.16. The molecule has 0 heterocycles. The summed E-state index contributed by atoms with van der Waals surface area (Å²) in [5.41, 5.74) is 2.28. The number of nitrogens with zero attached hydrogens (tertiary/aromatic N) is 1. The predicted octanol–water partition coefficient (Wildman–Crippen LogP) is 4.39. The third-order valence-corrected chi connectivity index (χ3v) is 4.43. The molecule has 0 saturated carbocycles. The Hall–Kier alpha value is -3.16. The van der Waals surface area contributed by atoms with E-state index < -0.39 is 0 Å². The maximum absolute atomic E-state index is 12.4. The number of carbonyl (C=O) groups excluding carboxylic acids is 1. The molecule has 0 unspecified atom stereocenters. The van der Waals surface area contributed by atoms with Crippen LogP contribution in [0.5, 0.6) is 0 Å². The monoisotopic (exact) mass is 343 g/mol. The summed E-state index contributed by atoms with van der Waals surface area (Å²) < 4.78 is 0. The molecule has 2 N–H and O–H groups in total. The molecule has 0 saturated heterocycles. The second kappa shape index (κ2) is 7.81. The summed E-state index contributed by atoms with van der Waals surface area (Å²) in [5.74, 6) is -0.132. The van der Waals surface area contributed by atoms with Gasteiger partial charge in [0.2, 0.25) is 5.91 Å². The minimum absolute atomic E-state index is 0.0331. The van der Waals surface area contributed by atoms with Crippen LogP contribution in [0, 0.1) is 11.3 Å². The summed E-state index contributed by atoms with van der Waals surface area (Å²) in [6, 6.07) is 23.2. The number of carbonyl (C=O) groups is 1. The van der Waals surface area contributed by atoms with Crippen molar-refractivity contribution in [3.05, 3.63) is 77.9 Å². The molecule has 4 nitrogen and oxygen atoms in total. The Morgan fingerprint density at radius 1 is 0.962 bits per heavy atom. The molecule has 0 radical (unpaired) electrons. The summed E-state index contributed by atoms with van der Waals surface area (Å²) in [6.07, 6.45) is 0. The van der Waals surface area contributed by atoms with Gasteiger partial charge < -0.3 is 5.32 Å². The lowest BCUT2D eigenvalue weighted by Crippen LogP contribution is -2.39. The largest absolute Gasteiger partial charge is 0.325 e. The molecule has 4 heteroatoms. The minimum Gasteiger partial charge on any atom is -0.325 e. The number of fused-ring (bicyclic) bond motifs is 1. The zero-order valence-electron chi connectivity index (χ0n) is 14.9. The molecule has 1 amide bonds. The topological polar surface area (TPSA) is 64.9 Å². The van der Waals surface area contributed by atoms with Crippen molar-refractivity contribution >= 4 is 22.4 Å². The van der Waals surface area contributed by atoms with Crippen molar-refractivity contribution in [2.75, 3.05) is 5.32 Å². The molecule has 3 rings (SSSR count). The lowest BCUT2D eigenvalue weighted by molar-refractivity contribution is -0.117. The first-order valence-electron chi connectivity index (χ1n) is 8.62. The number of amides is 1. The van der Waals surface area contributed by atoms with E-state index in [0.717, 1.165) is 5.56 Å². The van der Waals surface area contributed by atoms with E-state index >= 15 is 0 Å². The predicted molar refractivity (Wildman–Crippen MR) is 105 cm³/mol. The molecule has 26 heavy (non-hydrogen) atoms. The highest BCUT2D eigenvalue weighted by molar-refractivity contribution is 5.94. The molecule has 0 aromatic heterocycles. The van der Waals surface area contributed by atoms with Crippen LogP contribution in [0.25, 0.3) is 10.8 Å². The van der Waals surface area contributed by atoms with Crippen LogP contribution < -0.4 is 10.6 Å². The van der Waals surface area contributed by atoms with E-state index in [2.05, 4.69) is 47.0 Å². The maximum Gasteiger partial charge on any atom is 0.241 e. The average molecular weight is 343 g/mol. The fourth-order valence-electron chi connectivity index (χ4n) is 2.94. The molecule has 0 spiro atoms. The summed E-state index contributed by atoms with van der Waals surface area (Å²) in [4.78, 5) is 12.4. The Bertz CT molecular complexity index is 974. The van der Waals surface area contributed by atoms with Gasteiger partial charge in [0, 0.05) is 11.7 Å². The second-order valence-corrected chi connectivity index (χ2v) is 6.40. The van der Waals surface area contributed by atoms with E-state index in [1.165, 1.54) is 10.8 Å². The van der Waals surface area contributed by atoms with Crippen LogP contribution in [0.3, 0.4) is 0 Å². The Labute approximate surface area is 153 Å². The first-order valence-corrected chi connectivity index (χ1v) is 8.62. The van der Waals surface area contributed by atoms with Gasteiger partial charge in [-0.3, -0.25) is 10.1 Å².